The van der Waals surface area contributed by atoms with Gasteiger partial charge in [-0.1, -0.05) is 25.3 Å². The van der Waals surface area contributed by atoms with Crippen LogP contribution in [0.25, 0.3) is 0 Å². The second-order valence-corrected chi connectivity index (χ2v) is 9.46. The predicted molar refractivity (Wildman–Crippen MR) is 141 cm³/mol. The summed E-state index contributed by atoms with van der Waals surface area (Å²) in [7, 11) is 0.596. The number of halogens is 1. The van der Waals surface area contributed by atoms with Crippen LogP contribution in [0.5, 0.6) is 0 Å². The lowest BCUT2D eigenvalue weighted by molar-refractivity contribution is 0.00578. The molecule has 1 aromatic carbocycles. The maximum Gasteiger partial charge on any atom is 0.495 e. The standard InChI is InChI=1S/C26H32BFN4O4/c1-9-18(12-17(3)28)15-29-22-16(2)14-30-24(32-22)31-19-10-11-21(20(13-19)23(33)34-8)27-35-25(4,5)26(6,7)36-27/h9-14H,1,3,15H2,2,4-8H3,(H2,29,30,31,32)/b18-12+. The largest absolute Gasteiger partial charge is 0.495 e. The third-order valence-electron chi connectivity index (χ3n) is 6.26. The molecule has 0 amide bonds. The van der Waals surface area contributed by atoms with Crippen molar-refractivity contribution in [2.45, 2.75) is 45.8 Å². The van der Waals surface area contributed by atoms with E-state index in [9.17, 15) is 9.18 Å². The molecule has 1 aliphatic heterocycles. The number of ether oxygens (including phenoxy) is 1. The van der Waals surface area contributed by atoms with Gasteiger partial charge in [-0.15, -0.1) is 0 Å². The van der Waals surface area contributed by atoms with Gasteiger partial charge >= 0.3 is 13.1 Å². The number of nitrogens with zero attached hydrogens (tertiary/aromatic N) is 2. The number of hydrogen-bond donors (Lipinski definition) is 2. The summed E-state index contributed by atoms with van der Waals surface area (Å²) in [5.74, 6) is -0.208. The molecule has 10 heteroatoms. The summed E-state index contributed by atoms with van der Waals surface area (Å²) in [6.45, 7) is 16.9. The maximum atomic E-state index is 13.1. The van der Waals surface area contributed by atoms with Crippen LogP contribution in [-0.4, -0.2) is 47.9 Å². The minimum atomic E-state index is -0.725. The molecule has 1 aromatic heterocycles. The van der Waals surface area contributed by atoms with Crippen molar-refractivity contribution in [2.75, 3.05) is 24.3 Å². The molecule has 2 aromatic rings. The van der Waals surface area contributed by atoms with E-state index in [-0.39, 0.29) is 0 Å². The molecule has 190 valence electrons. The minimum absolute atomic E-state index is 0.304. The van der Waals surface area contributed by atoms with Crippen molar-refractivity contribution in [1.29, 1.82) is 0 Å². The molecule has 3 rings (SSSR count). The van der Waals surface area contributed by atoms with Gasteiger partial charge in [-0.25, -0.2) is 14.2 Å². The normalized spacial score (nSPS) is 16.4. The van der Waals surface area contributed by atoms with Crippen molar-refractivity contribution in [1.82, 2.24) is 9.97 Å². The van der Waals surface area contributed by atoms with E-state index >= 15 is 0 Å². The number of carbonyl (C=O) groups is 1. The monoisotopic (exact) mass is 494 g/mol. The Morgan fingerprint density at radius 1 is 1.25 bits per heavy atom. The Morgan fingerprint density at radius 2 is 1.92 bits per heavy atom. The molecule has 1 aliphatic rings. The summed E-state index contributed by atoms with van der Waals surface area (Å²) in [5.41, 5.74) is 1.75. The van der Waals surface area contributed by atoms with Gasteiger partial charge in [0.1, 0.15) is 11.6 Å². The highest BCUT2D eigenvalue weighted by molar-refractivity contribution is 6.63. The fourth-order valence-corrected chi connectivity index (χ4v) is 3.48. The highest BCUT2D eigenvalue weighted by Crippen LogP contribution is 2.37. The molecule has 0 unspecified atom stereocenters. The van der Waals surface area contributed by atoms with Gasteiger partial charge in [-0.3, -0.25) is 0 Å². The zero-order valence-corrected chi connectivity index (χ0v) is 21.6. The topological polar surface area (TPSA) is 94.6 Å². The molecule has 2 heterocycles. The fourth-order valence-electron chi connectivity index (χ4n) is 3.48. The maximum absolute atomic E-state index is 13.1. The Hall–Kier alpha value is -3.50. The summed E-state index contributed by atoms with van der Waals surface area (Å²) >= 11 is 0. The summed E-state index contributed by atoms with van der Waals surface area (Å²) in [5, 5.41) is 6.26. The lowest BCUT2D eigenvalue weighted by Crippen LogP contribution is -2.41. The van der Waals surface area contributed by atoms with Gasteiger partial charge in [0.05, 0.1) is 23.9 Å². The van der Waals surface area contributed by atoms with Crippen molar-refractivity contribution in [3.05, 3.63) is 72.2 Å². The highest BCUT2D eigenvalue weighted by atomic mass is 19.1. The van der Waals surface area contributed by atoms with Crippen molar-refractivity contribution in [2.24, 2.45) is 0 Å². The summed E-state index contributed by atoms with van der Waals surface area (Å²) in [6, 6.07) is 5.19. The van der Waals surface area contributed by atoms with E-state index in [1.165, 1.54) is 13.2 Å². The molecule has 8 nitrogen and oxygen atoms in total. The van der Waals surface area contributed by atoms with Crippen LogP contribution in [-0.2, 0) is 14.0 Å². The van der Waals surface area contributed by atoms with Crippen molar-refractivity contribution < 1.29 is 23.2 Å². The number of benzene rings is 1. The average Bonchev–Trinajstić information content (AvgIpc) is 3.04. The second kappa shape index (κ2) is 10.6. The number of hydrogen-bond acceptors (Lipinski definition) is 8. The van der Waals surface area contributed by atoms with Crippen LogP contribution in [0.2, 0.25) is 0 Å². The number of aromatic nitrogens is 2. The van der Waals surface area contributed by atoms with Crippen LogP contribution in [0.4, 0.5) is 21.8 Å². The number of methoxy groups -OCH3 is 1. The number of rotatable bonds is 9. The number of allylic oxidation sites excluding steroid dienone is 2. The van der Waals surface area contributed by atoms with Crippen LogP contribution in [0.1, 0.15) is 43.6 Å². The van der Waals surface area contributed by atoms with Gasteiger partial charge in [-0.2, -0.15) is 4.98 Å². The SMILES string of the molecule is C=C/C(=C\C(=C)F)CNc1nc(Nc2ccc(B3OC(C)(C)C(C)(C)O3)c(C(=O)OC)c2)ncc1C. The average molecular weight is 494 g/mol. The molecule has 1 saturated heterocycles. The van der Waals surface area contributed by atoms with Gasteiger partial charge in [0.2, 0.25) is 5.95 Å². The van der Waals surface area contributed by atoms with Gasteiger partial charge < -0.3 is 24.7 Å². The van der Waals surface area contributed by atoms with E-state index in [2.05, 4.69) is 33.8 Å². The van der Waals surface area contributed by atoms with E-state index in [0.29, 0.717) is 40.6 Å². The van der Waals surface area contributed by atoms with Crippen LogP contribution >= 0.6 is 0 Å². The van der Waals surface area contributed by atoms with Crippen molar-refractivity contribution >= 4 is 36.0 Å². The van der Waals surface area contributed by atoms with Crippen LogP contribution < -0.4 is 16.1 Å². The van der Waals surface area contributed by atoms with Crippen molar-refractivity contribution in [3.63, 3.8) is 0 Å². The Kier molecular flexibility index (Phi) is 8.00. The molecule has 0 saturated carbocycles. The van der Waals surface area contributed by atoms with Gasteiger partial charge in [0.25, 0.3) is 0 Å². The molecule has 1 fully saturated rings. The third kappa shape index (κ3) is 6.00. The predicted octanol–water partition coefficient (Wildman–Crippen LogP) is 4.62. The van der Waals surface area contributed by atoms with Gasteiger partial charge in [0, 0.05) is 24.0 Å². The Balaban J connectivity index is 1.85. The number of carbonyl (C=O) groups excluding carboxylic acids is 1. The highest BCUT2D eigenvalue weighted by Gasteiger charge is 2.52. The molecular weight excluding hydrogens is 462 g/mol. The van der Waals surface area contributed by atoms with Crippen LogP contribution in [0.3, 0.4) is 0 Å². The number of aryl methyl sites for hydroxylation is 1. The lowest BCUT2D eigenvalue weighted by Gasteiger charge is -2.32. The van der Waals surface area contributed by atoms with E-state index in [0.717, 1.165) is 5.56 Å². The molecule has 0 aliphatic carbocycles. The number of esters is 1. The molecule has 0 radical (unpaired) electrons. The smallest absolute Gasteiger partial charge is 0.465 e. The summed E-state index contributed by atoms with van der Waals surface area (Å²) in [6.07, 6.45) is 4.50. The molecule has 0 atom stereocenters. The summed E-state index contributed by atoms with van der Waals surface area (Å²) < 4.78 is 30.4. The Morgan fingerprint density at radius 3 is 2.50 bits per heavy atom. The Bertz CT molecular complexity index is 1200. The number of anilines is 3. The van der Waals surface area contributed by atoms with E-state index in [1.807, 2.05) is 34.6 Å². The number of nitrogens with one attached hydrogen (secondary N) is 2. The van der Waals surface area contributed by atoms with E-state index in [4.69, 9.17) is 14.0 Å². The molecular formula is C26H32BFN4O4. The zero-order valence-electron chi connectivity index (χ0n) is 21.6. The van der Waals surface area contributed by atoms with E-state index in [1.54, 1.807) is 30.5 Å². The third-order valence-corrected chi connectivity index (χ3v) is 6.26. The molecule has 0 spiro atoms. The molecule has 36 heavy (non-hydrogen) atoms. The first-order valence-corrected chi connectivity index (χ1v) is 11.5. The minimum Gasteiger partial charge on any atom is -0.465 e. The fraction of sp³-hybridized carbons (Fsp3) is 0.346. The van der Waals surface area contributed by atoms with Gasteiger partial charge in [-0.05, 0) is 63.9 Å². The zero-order chi connectivity index (χ0) is 26.7. The first-order chi connectivity index (χ1) is 16.9. The quantitative estimate of drug-likeness (QED) is 0.296. The van der Waals surface area contributed by atoms with Crippen LogP contribution in [0.15, 0.2) is 61.1 Å². The van der Waals surface area contributed by atoms with E-state index < -0.39 is 30.1 Å². The lowest BCUT2D eigenvalue weighted by atomic mass is 9.75. The first-order valence-electron chi connectivity index (χ1n) is 11.5. The van der Waals surface area contributed by atoms with Crippen molar-refractivity contribution in [3.8, 4) is 0 Å². The van der Waals surface area contributed by atoms with Crippen LogP contribution in [0, 0.1) is 6.92 Å². The second-order valence-electron chi connectivity index (χ2n) is 9.46. The Labute approximate surface area is 211 Å². The van der Waals surface area contributed by atoms with Gasteiger partial charge in [0.15, 0.2) is 0 Å². The summed E-state index contributed by atoms with van der Waals surface area (Å²) in [4.78, 5) is 21.5. The first kappa shape index (κ1) is 27.1. The molecule has 0 bridgehead atoms. The molecule has 2 N–H and O–H groups in total.